The topological polar surface area (TPSA) is 58.6 Å². The van der Waals surface area contributed by atoms with Crippen molar-refractivity contribution in [3.63, 3.8) is 0 Å². The number of hydrogen-bond donors (Lipinski definition) is 2. The van der Waals surface area contributed by atoms with Crippen molar-refractivity contribution in [3.8, 4) is 5.75 Å². The third-order valence-electron chi connectivity index (χ3n) is 2.43. The van der Waals surface area contributed by atoms with Crippen molar-refractivity contribution in [1.82, 2.24) is 5.32 Å². The predicted molar refractivity (Wildman–Crippen MR) is 66.3 cm³/mol. The highest BCUT2D eigenvalue weighted by Gasteiger charge is 2.12. The molecule has 0 heterocycles. The Kier molecular flexibility index (Phi) is 6.10. The van der Waals surface area contributed by atoms with Gasteiger partial charge in [0.2, 0.25) is 0 Å². The summed E-state index contributed by atoms with van der Waals surface area (Å²) in [5.41, 5.74) is 0. The number of para-hydroxylation sites is 1. The Balaban J connectivity index is 2.10. The number of ether oxygens (including phenoxy) is 1. The van der Waals surface area contributed by atoms with Crippen LogP contribution in [-0.4, -0.2) is 30.3 Å². The van der Waals surface area contributed by atoms with Crippen molar-refractivity contribution < 1.29 is 14.6 Å². The molecule has 0 bridgehead atoms. The molecule has 1 aromatic carbocycles. The van der Waals surface area contributed by atoms with E-state index in [-0.39, 0.29) is 0 Å². The number of carboxylic acid groups (broad SMARTS) is 1. The normalized spacial score (nSPS) is 12.1. The Morgan fingerprint density at radius 1 is 1.41 bits per heavy atom. The average molecular weight is 237 g/mol. The molecule has 0 amide bonds. The van der Waals surface area contributed by atoms with Gasteiger partial charge in [0.25, 0.3) is 0 Å². The van der Waals surface area contributed by atoms with E-state index in [1.807, 2.05) is 37.3 Å². The highest BCUT2D eigenvalue weighted by atomic mass is 16.5. The molecule has 1 atom stereocenters. The van der Waals surface area contributed by atoms with Crippen molar-refractivity contribution in [2.24, 2.45) is 0 Å². The summed E-state index contributed by atoms with van der Waals surface area (Å²) in [6.07, 6.45) is 1.38. The number of rotatable bonds is 8. The van der Waals surface area contributed by atoms with Gasteiger partial charge < -0.3 is 15.2 Å². The zero-order chi connectivity index (χ0) is 12.5. The van der Waals surface area contributed by atoms with Crippen LogP contribution < -0.4 is 10.1 Å². The lowest BCUT2D eigenvalue weighted by Gasteiger charge is -2.12. The number of nitrogens with one attached hydrogen (secondary N) is 1. The van der Waals surface area contributed by atoms with Gasteiger partial charge >= 0.3 is 5.97 Å². The second-order valence-corrected chi connectivity index (χ2v) is 3.77. The zero-order valence-electron chi connectivity index (χ0n) is 10.1. The monoisotopic (exact) mass is 237 g/mol. The Hall–Kier alpha value is -1.55. The van der Waals surface area contributed by atoms with Gasteiger partial charge in [0.15, 0.2) is 0 Å². The van der Waals surface area contributed by atoms with E-state index in [0.29, 0.717) is 19.6 Å². The number of benzene rings is 1. The molecule has 0 aliphatic heterocycles. The molecule has 0 saturated heterocycles. The molecule has 0 saturated carbocycles. The Labute approximate surface area is 102 Å². The highest BCUT2D eigenvalue weighted by Crippen LogP contribution is 2.08. The number of hydrogen-bond acceptors (Lipinski definition) is 3. The molecule has 0 aromatic heterocycles. The van der Waals surface area contributed by atoms with Crippen LogP contribution in [0.15, 0.2) is 30.3 Å². The summed E-state index contributed by atoms with van der Waals surface area (Å²) in [5, 5.41) is 11.8. The SMILES string of the molecule is CCC(NCCCOc1ccccc1)C(=O)O. The minimum Gasteiger partial charge on any atom is -0.494 e. The first-order chi connectivity index (χ1) is 8.24. The Morgan fingerprint density at radius 3 is 2.71 bits per heavy atom. The van der Waals surface area contributed by atoms with Crippen LogP contribution in [0.5, 0.6) is 5.75 Å². The van der Waals surface area contributed by atoms with Crippen LogP contribution >= 0.6 is 0 Å². The van der Waals surface area contributed by atoms with E-state index in [1.54, 1.807) is 0 Å². The summed E-state index contributed by atoms with van der Waals surface area (Å²) in [4.78, 5) is 10.7. The number of carbonyl (C=O) groups is 1. The average Bonchev–Trinajstić information content (AvgIpc) is 2.34. The first-order valence-corrected chi connectivity index (χ1v) is 5.88. The molecule has 0 radical (unpaired) electrons. The third-order valence-corrected chi connectivity index (χ3v) is 2.43. The maximum absolute atomic E-state index is 10.7. The van der Waals surface area contributed by atoms with E-state index in [1.165, 1.54) is 0 Å². The van der Waals surface area contributed by atoms with Crippen molar-refractivity contribution in [2.75, 3.05) is 13.2 Å². The van der Waals surface area contributed by atoms with Gasteiger partial charge in [0.1, 0.15) is 11.8 Å². The van der Waals surface area contributed by atoms with Gasteiger partial charge in [-0.25, -0.2) is 0 Å². The fourth-order valence-electron chi connectivity index (χ4n) is 1.46. The van der Waals surface area contributed by atoms with E-state index in [9.17, 15) is 4.79 Å². The predicted octanol–water partition coefficient (Wildman–Crippen LogP) is 1.91. The fourth-order valence-corrected chi connectivity index (χ4v) is 1.46. The standard InChI is InChI=1S/C13H19NO3/c1-2-12(13(15)16)14-9-6-10-17-11-7-4-3-5-8-11/h3-5,7-8,12,14H,2,6,9-10H2,1H3,(H,15,16). The fraction of sp³-hybridized carbons (Fsp3) is 0.462. The van der Waals surface area contributed by atoms with E-state index < -0.39 is 12.0 Å². The molecule has 4 nitrogen and oxygen atoms in total. The number of aliphatic carboxylic acids is 1. The van der Waals surface area contributed by atoms with E-state index >= 15 is 0 Å². The van der Waals surface area contributed by atoms with Crippen molar-refractivity contribution in [2.45, 2.75) is 25.8 Å². The van der Waals surface area contributed by atoms with Crippen molar-refractivity contribution >= 4 is 5.97 Å². The van der Waals surface area contributed by atoms with E-state index in [0.717, 1.165) is 12.2 Å². The van der Waals surface area contributed by atoms with Crippen molar-refractivity contribution in [1.29, 1.82) is 0 Å². The van der Waals surface area contributed by atoms with Crippen LogP contribution in [0, 0.1) is 0 Å². The third kappa shape index (κ3) is 5.36. The minimum atomic E-state index is -0.795. The minimum absolute atomic E-state index is 0.452. The first kappa shape index (κ1) is 13.5. The lowest BCUT2D eigenvalue weighted by molar-refractivity contribution is -0.139. The molecule has 94 valence electrons. The van der Waals surface area contributed by atoms with Gasteiger partial charge in [-0.15, -0.1) is 0 Å². The quantitative estimate of drug-likeness (QED) is 0.678. The maximum atomic E-state index is 10.7. The van der Waals surface area contributed by atoms with Gasteiger partial charge in [0, 0.05) is 0 Å². The summed E-state index contributed by atoms with van der Waals surface area (Å²) in [7, 11) is 0. The molecule has 17 heavy (non-hydrogen) atoms. The second-order valence-electron chi connectivity index (χ2n) is 3.77. The summed E-state index contributed by atoms with van der Waals surface area (Å²) in [6.45, 7) is 3.09. The number of carboxylic acids is 1. The molecule has 0 aliphatic rings. The summed E-state index contributed by atoms with van der Waals surface area (Å²) < 4.78 is 5.49. The molecule has 0 spiro atoms. The van der Waals surface area contributed by atoms with Crippen LogP contribution in [0.25, 0.3) is 0 Å². The van der Waals surface area contributed by atoms with Crippen LogP contribution in [0.1, 0.15) is 19.8 Å². The lowest BCUT2D eigenvalue weighted by atomic mass is 10.2. The van der Waals surface area contributed by atoms with Gasteiger partial charge in [-0.05, 0) is 31.5 Å². The second kappa shape index (κ2) is 7.68. The van der Waals surface area contributed by atoms with Crippen LogP contribution in [-0.2, 0) is 4.79 Å². The molecular weight excluding hydrogens is 218 g/mol. The summed E-state index contributed by atoms with van der Waals surface area (Å²) in [5.74, 6) is 0.0502. The molecule has 1 rings (SSSR count). The van der Waals surface area contributed by atoms with Gasteiger partial charge in [-0.2, -0.15) is 0 Å². The maximum Gasteiger partial charge on any atom is 0.320 e. The van der Waals surface area contributed by atoms with Gasteiger partial charge in [-0.1, -0.05) is 25.1 Å². The molecular formula is C13H19NO3. The Morgan fingerprint density at radius 2 is 2.12 bits per heavy atom. The van der Waals surface area contributed by atoms with Gasteiger partial charge in [0.05, 0.1) is 6.61 Å². The molecule has 0 fully saturated rings. The van der Waals surface area contributed by atoms with Crippen LogP contribution in [0.4, 0.5) is 0 Å². The van der Waals surface area contributed by atoms with E-state index in [2.05, 4.69) is 5.32 Å². The van der Waals surface area contributed by atoms with Crippen LogP contribution in [0.2, 0.25) is 0 Å². The summed E-state index contributed by atoms with van der Waals surface area (Å²) >= 11 is 0. The first-order valence-electron chi connectivity index (χ1n) is 5.88. The lowest BCUT2D eigenvalue weighted by Crippen LogP contribution is -2.36. The van der Waals surface area contributed by atoms with Gasteiger partial charge in [-0.3, -0.25) is 4.79 Å². The molecule has 4 heteroatoms. The van der Waals surface area contributed by atoms with Crippen molar-refractivity contribution in [3.05, 3.63) is 30.3 Å². The van der Waals surface area contributed by atoms with E-state index in [4.69, 9.17) is 9.84 Å². The molecule has 1 aromatic rings. The zero-order valence-corrected chi connectivity index (χ0v) is 10.1. The molecule has 0 aliphatic carbocycles. The van der Waals surface area contributed by atoms with Crippen LogP contribution in [0.3, 0.4) is 0 Å². The molecule has 1 unspecified atom stereocenters. The molecule has 2 N–H and O–H groups in total. The smallest absolute Gasteiger partial charge is 0.320 e. The summed E-state index contributed by atoms with van der Waals surface area (Å²) in [6, 6.07) is 9.13. The largest absolute Gasteiger partial charge is 0.494 e. The Bertz CT molecular complexity index is 327. The highest BCUT2D eigenvalue weighted by molar-refractivity contribution is 5.73.